The maximum atomic E-state index is 14.0. The average Bonchev–Trinajstić information content (AvgIpc) is 3.85. The third kappa shape index (κ3) is 5.98. The molecule has 0 radical (unpaired) electrons. The molecule has 6 rings (SSSR count). The van der Waals surface area contributed by atoms with Gasteiger partial charge in [0.2, 0.25) is 0 Å². The van der Waals surface area contributed by atoms with E-state index in [9.17, 15) is 45.4 Å². The number of ether oxygens (including phenoxy) is 2. The molecule has 2 aromatic rings. The Morgan fingerprint density at radius 1 is 1.00 bits per heavy atom. The average molecular weight is 660 g/mol. The number of anilines is 1. The van der Waals surface area contributed by atoms with E-state index in [4.69, 9.17) is 9.47 Å². The number of hydrogen-bond acceptors (Lipinski definition) is 6. The van der Waals surface area contributed by atoms with E-state index in [0.29, 0.717) is 57.1 Å². The van der Waals surface area contributed by atoms with Crippen LogP contribution in [-0.4, -0.2) is 77.4 Å². The molecule has 1 aliphatic carbocycles. The minimum Gasteiger partial charge on any atom is -0.478 e. The second-order valence-corrected chi connectivity index (χ2v) is 12.5. The number of piperazine rings is 1. The van der Waals surface area contributed by atoms with Gasteiger partial charge in [-0.3, -0.25) is 9.69 Å². The molecule has 1 saturated carbocycles. The summed E-state index contributed by atoms with van der Waals surface area (Å²) in [6, 6.07) is 4.53. The van der Waals surface area contributed by atoms with Crippen LogP contribution in [0.2, 0.25) is 0 Å². The third-order valence-corrected chi connectivity index (χ3v) is 9.48. The summed E-state index contributed by atoms with van der Waals surface area (Å²) in [5.41, 5.74) is -4.43. The van der Waals surface area contributed by atoms with Crippen LogP contribution in [0, 0.1) is 11.7 Å². The summed E-state index contributed by atoms with van der Waals surface area (Å²) < 4.78 is 107. The SMILES string of the molecule is C[C@H]1CN([C@@H]2CC[C@@](C(=O)N3COc4c(cc(C(F)(F)F)cc4C(F)(F)F)C3)(C3CC3)OC2)CCN1c1ccc(F)c(C(=O)O)c1. The van der Waals surface area contributed by atoms with Gasteiger partial charge >= 0.3 is 18.3 Å². The van der Waals surface area contributed by atoms with E-state index >= 15 is 0 Å². The topological polar surface area (TPSA) is 82.6 Å². The van der Waals surface area contributed by atoms with Gasteiger partial charge in [0.15, 0.2) is 6.73 Å². The van der Waals surface area contributed by atoms with E-state index in [1.807, 2.05) is 11.8 Å². The lowest BCUT2D eigenvalue weighted by molar-refractivity contribution is -0.180. The monoisotopic (exact) mass is 659 g/mol. The molecule has 0 bridgehead atoms. The van der Waals surface area contributed by atoms with Crippen LogP contribution >= 0.6 is 0 Å². The van der Waals surface area contributed by atoms with Crippen LogP contribution in [-0.2, 0) is 28.4 Å². The highest BCUT2D eigenvalue weighted by Crippen LogP contribution is 2.49. The van der Waals surface area contributed by atoms with Gasteiger partial charge in [-0.25, -0.2) is 9.18 Å². The number of aromatic carboxylic acids is 1. The number of fused-ring (bicyclic) bond motifs is 1. The number of carbonyl (C=O) groups excluding carboxylic acids is 1. The minimum absolute atomic E-state index is 0.0278. The van der Waals surface area contributed by atoms with Gasteiger partial charge in [-0.15, -0.1) is 0 Å². The Hall–Kier alpha value is -3.59. The van der Waals surface area contributed by atoms with Crippen LogP contribution < -0.4 is 9.64 Å². The number of halogens is 7. The first-order valence-electron chi connectivity index (χ1n) is 15.0. The van der Waals surface area contributed by atoms with Crippen molar-refractivity contribution in [3.63, 3.8) is 0 Å². The fraction of sp³-hybridized carbons (Fsp3) is 0.548. The van der Waals surface area contributed by atoms with Gasteiger partial charge in [0.1, 0.15) is 17.2 Å². The molecule has 3 atom stereocenters. The predicted molar refractivity (Wildman–Crippen MR) is 149 cm³/mol. The second kappa shape index (κ2) is 11.6. The quantitative estimate of drug-likeness (QED) is 0.408. The highest BCUT2D eigenvalue weighted by Gasteiger charge is 2.56. The Kier molecular flexibility index (Phi) is 8.15. The molecule has 3 aliphatic heterocycles. The summed E-state index contributed by atoms with van der Waals surface area (Å²) in [4.78, 5) is 30.7. The number of amides is 1. The van der Waals surface area contributed by atoms with E-state index in [0.717, 1.165) is 11.0 Å². The highest BCUT2D eigenvalue weighted by atomic mass is 19.4. The van der Waals surface area contributed by atoms with Crippen LogP contribution in [0.5, 0.6) is 5.75 Å². The Morgan fingerprint density at radius 2 is 1.74 bits per heavy atom. The summed E-state index contributed by atoms with van der Waals surface area (Å²) in [6.45, 7) is 2.89. The van der Waals surface area contributed by atoms with E-state index in [2.05, 4.69) is 4.90 Å². The van der Waals surface area contributed by atoms with Gasteiger partial charge < -0.3 is 24.4 Å². The standard InChI is InChI=1S/C31H32F7N3O5/c1-17-13-39(8-9-41(17)21-4-5-25(32)23(12-21)27(42)43)22-6-7-29(46-15-22,19-2-3-19)28(44)40-14-18-10-20(30(33,34)35)11-24(31(36,37)38)26(18)45-16-40/h4-5,10-12,17,19,22H,2-3,6-9,13-16H2,1H3,(H,42,43)/t17-,22+,29-/m0/s1. The predicted octanol–water partition coefficient (Wildman–Crippen LogP) is 5.78. The molecule has 1 N–H and O–H groups in total. The zero-order chi connectivity index (χ0) is 33.2. The Morgan fingerprint density at radius 3 is 2.33 bits per heavy atom. The fourth-order valence-corrected chi connectivity index (χ4v) is 6.98. The van der Waals surface area contributed by atoms with Crippen molar-refractivity contribution in [3.05, 3.63) is 58.4 Å². The molecular weight excluding hydrogens is 627 g/mol. The smallest absolute Gasteiger partial charge is 0.419 e. The summed E-state index contributed by atoms with van der Waals surface area (Å²) >= 11 is 0. The van der Waals surface area contributed by atoms with Gasteiger partial charge in [-0.05, 0) is 68.9 Å². The normalized spacial score (nSPS) is 26.0. The number of rotatable bonds is 5. The van der Waals surface area contributed by atoms with Gasteiger partial charge in [-0.2, -0.15) is 26.3 Å². The molecule has 250 valence electrons. The lowest BCUT2D eigenvalue weighted by Crippen LogP contribution is -2.61. The zero-order valence-corrected chi connectivity index (χ0v) is 24.8. The third-order valence-electron chi connectivity index (χ3n) is 9.48. The molecule has 0 aromatic heterocycles. The van der Waals surface area contributed by atoms with Crippen molar-refractivity contribution < 1.29 is 54.9 Å². The van der Waals surface area contributed by atoms with Crippen molar-refractivity contribution in [2.75, 3.05) is 37.9 Å². The Bertz CT molecular complexity index is 1520. The first-order chi connectivity index (χ1) is 21.6. The molecule has 0 unspecified atom stereocenters. The van der Waals surface area contributed by atoms with Crippen LogP contribution in [0.25, 0.3) is 0 Å². The number of benzene rings is 2. The first-order valence-corrected chi connectivity index (χ1v) is 15.0. The Balaban J connectivity index is 1.14. The molecule has 0 spiro atoms. The molecule has 4 aliphatic rings. The zero-order valence-electron chi connectivity index (χ0n) is 24.8. The molecule has 8 nitrogen and oxygen atoms in total. The fourth-order valence-electron chi connectivity index (χ4n) is 6.98. The first kappa shape index (κ1) is 32.4. The molecule has 3 fully saturated rings. The molecular formula is C31H32F7N3O5. The Labute approximate surface area is 259 Å². The van der Waals surface area contributed by atoms with E-state index in [1.54, 1.807) is 6.07 Å². The van der Waals surface area contributed by atoms with Crippen molar-refractivity contribution in [3.8, 4) is 5.75 Å². The van der Waals surface area contributed by atoms with Crippen molar-refractivity contribution in [2.24, 2.45) is 5.92 Å². The molecule has 2 aromatic carbocycles. The lowest BCUT2D eigenvalue weighted by atomic mass is 9.85. The summed E-state index contributed by atoms with van der Waals surface area (Å²) in [7, 11) is 0. The van der Waals surface area contributed by atoms with Crippen molar-refractivity contribution >= 4 is 17.6 Å². The number of nitrogens with zero attached hydrogens (tertiary/aromatic N) is 3. The van der Waals surface area contributed by atoms with Crippen molar-refractivity contribution in [1.82, 2.24) is 9.80 Å². The largest absolute Gasteiger partial charge is 0.478 e. The molecule has 2 saturated heterocycles. The maximum absolute atomic E-state index is 14.0. The highest BCUT2D eigenvalue weighted by molar-refractivity contribution is 5.89. The summed E-state index contributed by atoms with van der Waals surface area (Å²) in [5, 5.41) is 9.30. The number of alkyl halides is 6. The van der Waals surface area contributed by atoms with Crippen LogP contribution in [0.1, 0.15) is 59.7 Å². The minimum atomic E-state index is -5.09. The molecule has 46 heavy (non-hydrogen) atoms. The molecule has 1 amide bonds. The van der Waals surface area contributed by atoms with Crippen LogP contribution in [0.4, 0.5) is 36.4 Å². The van der Waals surface area contributed by atoms with Crippen molar-refractivity contribution in [1.29, 1.82) is 0 Å². The number of carbonyl (C=O) groups is 2. The second-order valence-electron chi connectivity index (χ2n) is 12.5. The van der Waals surface area contributed by atoms with Gasteiger partial charge in [0.05, 0.1) is 29.8 Å². The molecule has 15 heteroatoms. The number of carboxylic acids is 1. The maximum Gasteiger partial charge on any atom is 0.419 e. The summed E-state index contributed by atoms with van der Waals surface area (Å²) in [5.74, 6) is -3.49. The number of carboxylic acid groups (broad SMARTS) is 1. The van der Waals surface area contributed by atoms with Crippen molar-refractivity contribution in [2.45, 2.75) is 69.2 Å². The van der Waals surface area contributed by atoms with Crippen LogP contribution in [0.3, 0.4) is 0 Å². The van der Waals surface area contributed by atoms with E-state index in [1.165, 1.54) is 6.07 Å². The van der Waals surface area contributed by atoms with Crippen LogP contribution in [0.15, 0.2) is 30.3 Å². The number of hydrogen-bond donors (Lipinski definition) is 1. The van der Waals surface area contributed by atoms with Gasteiger partial charge in [0.25, 0.3) is 5.91 Å². The van der Waals surface area contributed by atoms with E-state index < -0.39 is 71.4 Å². The van der Waals surface area contributed by atoms with Gasteiger partial charge in [-0.1, -0.05) is 0 Å². The lowest BCUT2D eigenvalue weighted by Gasteiger charge is -2.48. The van der Waals surface area contributed by atoms with Gasteiger partial charge in [0, 0.05) is 43.0 Å². The summed E-state index contributed by atoms with van der Waals surface area (Å²) in [6.07, 6.45) is -7.78. The molecule has 3 heterocycles. The van der Waals surface area contributed by atoms with E-state index in [-0.39, 0.29) is 36.2 Å².